The molecule has 26 heavy (non-hydrogen) atoms. The van der Waals surface area contributed by atoms with Crippen LogP contribution in [-0.4, -0.2) is 35.0 Å². The molecule has 0 N–H and O–H groups in total. The van der Waals surface area contributed by atoms with Gasteiger partial charge in [0.15, 0.2) is 0 Å². The Labute approximate surface area is 155 Å². The molecule has 1 amide bonds. The molecule has 0 bridgehead atoms. The molecule has 3 aromatic rings. The molecule has 1 aliphatic heterocycles. The summed E-state index contributed by atoms with van der Waals surface area (Å²) in [6.07, 6.45) is 1.46. The van der Waals surface area contributed by atoms with Gasteiger partial charge >= 0.3 is 0 Å². The minimum atomic E-state index is -0.472. The predicted molar refractivity (Wildman–Crippen MR) is 100 cm³/mol. The summed E-state index contributed by atoms with van der Waals surface area (Å²) in [4.78, 5) is 18.8. The Hall–Kier alpha value is -2.47. The number of para-hydroxylation sites is 1. The lowest BCUT2D eigenvalue weighted by molar-refractivity contribution is 0.0591. The van der Waals surface area contributed by atoms with Crippen molar-refractivity contribution in [1.82, 2.24) is 9.88 Å². The van der Waals surface area contributed by atoms with Gasteiger partial charge in [0.1, 0.15) is 11.9 Å². The first-order valence-corrected chi connectivity index (χ1v) is 9.50. The van der Waals surface area contributed by atoms with Crippen LogP contribution in [0.25, 0.3) is 10.2 Å². The number of thiazole rings is 1. The van der Waals surface area contributed by atoms with Gasteiger partial charge in [0.25, 0.3) is 11.1 Å². The topological polar surface area (TPSA) is 42.4 Å². The highest BCUT2D eigenvalue weighted by molar-refractivity contribution is 7.20. The quantitative estimate of drug-likeness (QED) is 0.685. The zero-order valence-corrected chi connectivity index (χ0v) is 15.3. The first-order valence-electron chi connectivity index (χ1n) is 8.68. The summed E-state index contributed by atoms with van der Waals surface area (Å²) in [5.41, 5.74) is 2.26. The summed E-state index contributed by atoms with van der Waals surface area (Å²) >= 11 is 1.55. The highest BCUT2D eigenvalue weighted by atomic mass is 32.1. The maximum atomic E-state index is 13.8. The number of fused-ring (bicyclic) bond motifs is 1. The lowest BCUT2D eigenvalue weighted by atomic mass is 10.1. The minimum absolute atomic E-state index is 0.0283. The van der Waals surface area contributed by atoms with Crippen molar-refractivity contribution in [3.05, 3.63) is 59.4 Å². The van der Waals surface area contributed by atoms with E-state index in [9.17, 15) is 9.18 Å². The lowest BCUT2D eigenvalue weighted by Crippen LogP contribution is -2.42. The Morgan fingerprint density at radius 3 is 2.69 bits per heavy atom. The molecule has 1 fully saturated rings. The Morgan fingerprint density at radius 2 is 1.96 bits per heavy atom. The number of piperidine rings is 1. The van der Waals surface area contributed by atoms with Gasteiger partial charge in [-0.1, -0.05) is 35.6 Å². The number of nitrogens with zero attached hydrogens (tertiary/aromatic N) is 2. The van der Waals surface area contributed by atoms with Crippen molar-refractivity contribution in [1.29, 1.82) is 0 Å². The number of benzene rings is 2. The van der Waals surface area contributed by atoms with Crippen molar-refractivity contribution in [3.8, 4) is 5.19 Å². The van der Waals surface area contributed by atoms with Gasteiger partial charge in [-0.05, 0) is 30.7 Å². The van der Waals surface area contributed by atoms with Gasteiger partial charge in [0, 0.05) is 25.9 Å². The van der Waals surface area contributed by atoms with Crippen molar-refractivity contribution < 1.29 is 13.9 Å². The lowest BCUT2D eigenvalue weighted by Gasteiger charge is -2.31. The average Bonchev–Trinajstić information content (AvgIpc) is 3.06. The fraction of sp³-hybridized carbons (Fsp3) is 0.300. The number of aryl methyl sites for hydroxylation is 1. The Morgan fingerprint density at radius 1 is 1.19 bits per heavy atom. The largest absolute Gasteiger partial charge is 0.467 e. The number of rotatable bonds is 3. The van der Waals surface area contributed by atoms with Crippen molar-refractivity contribution >= 4 is 27.5 Å². The van der Waals surface area contributed by atoms with E-state index < -0.39 is 5.82 Å². The molecule has 0 radical (unpaired) electrons. The maximum Gasteiger partial charge on any atom is 0.274 e. The van der Waals surface area contributed by atoms with Crippen LogP contribution < -0.4 is 4.74 Å². The molecule has 0 atom stereocenters. The third kappa shape index (κ3) is 3.29. The number of likely N-dealkylation sites (tertiary alicyclic amines) is 1. The molecule has 2 heterocycles. The SMILES string of the molecule is Cc1cccc2sc(OC3CCN(C(=O)c4ccccc4F)CC3)nc12. The molecular weight excluding hydrogens is 351 g/mol. The van der Waals surface area contributed by atoms with Gasteiger partial charge in [-0.3, -0.25) is 4.79 Å². The highest BCUT2D eigenvalue weighted by Gasteiger charge is 2.26. The smallest absolute Gasteiger partial charge is 0.274 e. The van der Waals surface area contributed by atoms with E-state index in [-0.39, 0.29) is 17.6 Å². The zero-order valence-electron chi connectivity index (χ0n) is 14.4. The van der Waals surface area contributed by atoms with E-state index in [0.29, 0.717) is 18.3 Å². The third-order valence-electron chi connectivity index (χ3n) is 4.70. The van der Waals surface area contributed by atoms with Crippen molar-refractivity contribution in [3.63, 3.8) is 0 Å². The van der Waals surface area contributed by atoms with Crippen molar-refractivity contribution in [2.24, 2.45) is 0 Å². The molecule has 6 heteroatoms. The van der Waals surface area contributed by atoms with Gasteiger partial charge in [0.2, 0.25) is 0 Å². The molecule has 0 aliphatic carbocycles. The van der Waals surface area contributed by atoms with Gasteiger partial charge in [0.05, 0.1) is 15.8 Å². The van der Waals surface area contributed by atoms with Crippen molar-refractivity contribution in [2.45, 2.75) is 25.9 Å². The Balaban J connectivity index is 1.39. The number of carbonyl (C=O) groups is 1. The molecule has 0 saturated carbocycles. The van der Waals surface area contributed by atoms with E-state index >= 15 is 0 Å². The molecule has 0 unspecified atom stereocenters. The molecular formula is C20H19FN2O2S. The predicted octanol–water partition coefficient (Wildman–Crippen LogP) is 4.43. The van der Waals surface area contributed by atoms with Crippen LogP contribution in [0, 0.1) is 12.7 Å². The molecule has 4 rings (SSSR count). The summed E-state index contributed by atoms with van der Waals surface area (Å²) in [5.74, 6) is -0.724. The first-order chi connectivity index (χ1) is 12.6. The number of ether oxygens (including phenoxy) is 1. The number of hydrogen-bond acceptors (Lipinski definition) is 4. The normalized spacial score (nSPS) is 15.4. The molecule has 1 saturated heterocycles. The molecule has 1 aromatic heterocycles. The van der Waals surface area contributed by atoms with Gasteiger partial charge in [-0.15, -0.1) is 0 Å². The van der Waals surface area contributed by atoms with E-state index in [4.69, 9.17) is 4.74 Å². The fourth-order valence-electron chi connectivity index (χ4n) is 3.24. The molecule has 0 spiro atoms. The number of carbonyl (C=O) groups excluding carboxylic acids is 1. The number of aromatic nitrogens is 1. The van der Waals surface area contributed by atoms with E-state index in [2.05, 4.69) is 4.98 Å². The van der Waals surface area contributed by atoms with Crippen LogP contribution in [0.3, 0.4) is 0 Å². The van der Waals surface area contributed by atoms with E-state index in [1.165, 1.54) is 12.1 Å². The minimum Gasteiger partial charge on any atom is -0.467 e. The fourth-order valence-corrected chi connectivity index (χ4v) is 4.20. The van der Waals surface area contributed by atoms with Crippen LogP contribution in [0.1, 0.15) is 28.8 Å². The van der Waals surface area contributed by atoms with Crippen LogP contribution in [0.15, 0.2) is 42.5 Å². The van der Waals surface area contributed by atoms with Crippen LogP contribution in [-0.2, 0) is 0 Å². The average molecular weight is 370 g/mol. The van der Waals surface area contributed by atoms with E-state index in [1.807, 2.05) is 25.1 Å². The summed E-state index contributed by atoms with van der Waals surface area (Å²) in [6, 6.07) is 12.2. The van der Waals surface area contributed by atoms with Crippen LogP contribution in [0.2, 0.25) is 0 Å². The van der Waals surface area contributed by atoms with Crippen LogP contribution in [0.5, 0.6) is 5.19 Å². The molecule has 4 nitrogen and oxygen atoms in total. The van der Waals surface area contributed by atoms with Crippen LogP contribution >= 0.6 is 11.3 Å². The molecule has 134 valence electrons. The highest BCUT2D eigenvalue weighted by Crippen LogP contribution is 2.31. The first kappa shape index (κ1) is 17.0. The van der Waals surface area contributed by atoms with Gasteiger partial charge < -0.3 is 9.64 Å². The van der Waals surface area contributed by atoms with Gasteiger partial charge in [-0.2, -0.15) is 0 Å². The van der Waals surface area contributed by atoms with E-state index in [0.717, 1.165) is 28.6 Å². The molecule has 2 aromatic carbocycles. The molecule has 1 aliphatic rings. The maximum absolute atomic E-state index is 13.8. The Bertz CT molecular complexity index is 948. The van der Waals surface area contributed by atoms with Crippen molar-refractivity contribution in [2.75, 3.05) is 13.1 Å². The second kappa shape index (κ2) is 7.03. The second-order valence-electron chi connectivity index (χ2n) is 6.49. The summed E-state index contributed by atoms with van der Waals surface area (Å²) in [5, 5.41) is 0.674. The zero-order chi connectivity index (χ0) is 18.1. The van der Waals surface area contributed by atoms with Gasteiger partial charge in [-0.25, -0.2) is 9.37 Å². The Kier molecular flexibility index (Phi) is 4.59. The second-order valence-corrected chi connectivity index (χ2v) is 7.48. The summed E-state index contributed by atoms with van der Waals surface area (Å²) in [6.45, 7) is 3.15. The van der Waals surface area contributed by atoms with Crippen LogP contribution in [0.4, 0.5) is 4.39 Å². The third-order valence-corrected chi connectivity index (χ3v) is 5.61. The number of amides is 1. The number of hydrogen-bond donors (Lipinski definition) is 0. The summed E-state index contributed by atoms with van der Waals surface area (Å²) < 4.78 is 21.0. The monoisotopic (exact) mass is 370 g/mol. The summed E-state index contributed by atoms with van der Waals surface area (Å²) in [7, 11) is 0. The standard InChI is InChI=1S/C20H19FN2O2S/c1-13-5-4-8-17-18(13)22-20(26-17)25-14-9-11-23(12-10-14)19(24)15-6-2-3-7-16(15)21/h2-8,14H,9-12H2,1H3. The van der Waals surface area contributed by atoms with E-state index in [1.54, 1.807) is 28.4 Å². The number of halogens is 1.